The predicted molar refractivity (Wildman–Crippen MR) is 67.4 cm³/mol. The molecule has 0 aromatic carbocycles. The van der Waals surface area contributed by atoms with E-state index in [1.54, 1.807) is 11.4 Å². The van der Waals surface area contributed by atoms with Crippen molar-refractivity contribution in [3.05, 3.63) is 28.9 Å². The molecule has 19 heavy (non-hydrogen) atoms. The van der Waals surface area contributed by atoms with Crippen LogP contribution in [0.25, 0.3) is 0 Å². The number of carbonyl (C=O) groups is 2. The van der Waals surface area contributed by atoms with Gasteiger partial charge in [-0.05, 0) is 11.4 Å². The van der Waals surface area contributed by atoms with Crippen molar-refractivity contribution >= 4 is 28.2 Å². The van der Waals surface area contributed by atoms with Crippen LogP contribution in [0.1, 0.15) is 16.1 Å². The number of aliphatic hydroxyl groups excluding tert-OH is 1. The number of thiophene rings is 1. The number of nitrogens with zero attached hydrogens (tertiary/aromatic N) is 3. The second-order valence-electron chi connectivity index (χ2n) is 3.64. The number of nitrogens with two attached hydrogens (primary N) is 1. The van der Waals surface area contributed by atoms with Crippen LogP contribution in [0.4, 0.5) is 5.00 Å². The molecule has 2 rings (SSSR count). The first-order valence-corrected chi connectivity index (χ1v) is 6.15. The molecule has 2 aromatic rings. The molecule has 2 heterocycles. The highest BCUT2D eigenvalue weighted by atomic mass is 32.1. The molecule has 2 amide bonds. The highest BCUT2D eigenvalue weighted by molar-refractivity contribution is 7.14. The first-order chi connectivity index (χ1) is 9.10. The topological polar surface area (TPSA) is 123 Å². The van der Waals surface area contributed by atoms with Crippen molar-refractivity contribution in [1.82, 2.24) is 15.0 Å². The second-order valence-corrected chi connectivity index (χ2v) is 4.56. The lowest BCUT2D eigenvalue weighted by molar-refractivity contribution is -0.116. The first kappa shape index (κ1) is 13.2. The average Bonchev–Trinajstić information content (AvgIpc) is 2.97. The minimum Gasteiger partial charge on any atom is -0.390 e. The maximum absolute atomic E-state index is 11.7. The Bertz CT molecular complexity index is 606. The van der Waals surface area contributed by atoms with Crippen LogP contribution in [0.3, 0.4) is 0 Å². The van der Waals surface area contributed by atoms with Gasteiger partial charge in [-0.1, -0.05) is 5.21 Å². The predicted octanol–water partition coefficient (Wildman–Crippen LogP) is -0.431. The van der Waals surface area contributed by atoms with Gasteiger partial charge < -0.3 is 16.2 Å². The fourth-order valence-electron chi connectivity index (χ4n) is 1.40. The summed E-state index contributed by atoms with van der Waals surface area (Å²) in [4.78, 5) is 22.8. The summed E-state index contributed by atoms with van der Waals surface area (Å²) in [5.74, 6) is -0.959. The summed E-state index contributed by atoms with van der Waals surface area (Å²) in [6.45, 7) is -0.304. The SMILES string of the molecule is NC(=O)c1ccsc1NC(=O)Cn1cc(CO)nn1. The third-order valence-corrected chi connectivity index (χ3v) is 3.07. The number of aromatic nitrogens is 3. The van der Waals surface area contributed by atoms with E-state index in [1.165, 1.54) is 22.2 Å². The van der Waals surface area contributed by atoms with E-state index in [-0.39, 0.29) is 24.6 Å². The van der Waals surface area contributed by atoms with Gasteiger partial charge in [0.15, 0.2) is 0 Å². The minimum atomic E-state index is -0.597. The van der Waals surface area contributed by atoms with E-state index < -0.39 is 5.91 Å². The molecule has 9 heteroatoms. The summed E-state index contributed by atoms with van der Waals surface area (Å²) in [7, 11) is 0. The van der Waals surface area contributed by atoms with E-state index in [0.717, 1.165) is 0 Å². The number of hydrogen-bond donors (Lipinski definition) is 3. The van der Waals surface area contributed by atoms with Gasteiger partial charge in [0, 0.05) is 0 Å². The largest absolute Gasteiger partial charge is 0.390 e. The van der Waals surface area contributed by atoms with Gasteiger partial charge in [0.05, 0.1) is 18.4 Å². The van der Waals surface area contributed by atoms with Gasteiger partial charge in [0.2, 0.25) is 5.91 Å². The van der Waals surface area contributed by atoms with Crippen LogP contribution < -0.4 is 11.1 Å². The molecule has 0 atom stereocenters. The number of rotatable bonds is 5. The Kier molecular flexibility index (Phi) is 3.88. The number of nitrogens with one attached hydrogen (secondary N) is 1. The number of anilines is 1. The summed E-state index contributed by atoms with van der Waals surface area (Å²) in [5, 5.41) is 20.8. The van der Waals surface area contributed by atoms with Crippen molar-refractivity contribution in [3.8, 4) is 0 Å². The molecule has 100 valence electrons. The lowest BCUT2D eigenvalue weighted by Crippen LogP contribution is -2.21. The van der Waals surface area contributed by atoms with Crippen LogP contribution in [0.5, 0.6) is 0 Å². The lowest BCUT2D eigenvalue weighted by Gasteiger charge is -2.04. The quantitative estimate of drug-likeness (QED) is 0.686. The molecule has 4 N–H and O–H groups in total. The second kappa shape index (κ2) is 5.59. The van der Waals surface area contributed by atoms with Crippen LogP contribution in [0.15, 0.2) is 17.6 Å². The summed E-state index contributed by atoms with van der Waals surface area (Å²) in [5.41, 5.74) is 5.82. The van der Waals surface area contributed by atoms with E-state index in [2.05, 4.69) is 15.6 Å². The molecule has 2 aromatic heterocycles. The molecule has 0 saturated carbocycles. The molecule has 8 nitrogen and oxygen atoms in total. The summed E-state index contributed by atoms with van der Waals surface area (Å²) < 4.78 is 1.29. The van der Waals surface area contributed by atoms with E-state index in [4.69, 9.17) is 10.8 Å². The molecular formula is C10H11N5O3S. The Hall–Kier alpha value is -2.26. The Morgan fingerprint density at radius 2 is 2.32 bits per heavy atom. The first-order valence-electron chi connectivity index (χ1n) is 5.27. The van der Waals surface area contributed by atoms with Crippen LogP contribution in [0.2, 0.25) is 0 Å². The van der Waals surface area contributed by atoms with Crippen LogP contribution in [-0.4, -0.2) is 31.9 Å². The smallest absolute Gasteiger partial charge is 0.251 e. The Labute approximate surface area is 111 Å². The molecule has 0 radical (unpaired) electrons. The number of aliphatic hydroxyl groups is 1. The fraction of sp³-hybridized carbons (Fsp3) is 0.200. The minimum absolute atomic E-state index is 0.0664. The van der Waals surface area contributed by atoms with Crippen molar-refractivity contribution in [1.29, 1.82) is 0 Å². The number of carbonyl (C=O) groups excluding carboxylic acids is 2. The molecular weight excluding hydrogens is 270 g/mol. The monoisotopic (exact) mass is 281 g/mol. The number of amides is 2. The molecule has 0 aliphatic rings. The van der Waals surface area contributed by atoms with Crippen LogP contribution in [-0.2, 0) is 17.9 Å². The fourth-order valence-corrected chi connectivity index (χ4v) is 2.21. The van der Waals surface area contributed by atoms with Crippen molar-refractivity contribution in [2.45, 2.75) is 13.2 Å². The van der Waals surface area contributed by atoms with Gasteiger partial charge in [0.1, 0.15) is 17.2 Å². The highest BCUT2D eigenvalue weighted by Gasteiger charge is 2.13. The van der Waals surface area contributed by atoms with Gasteiger partial charge in [-0.25, -0.2) is 4.68 Å². The standard InChI is InChI=1S/C10H11N5O3S/c11-9(18)7-1-2-19-10(7)12-8(17)4-15-3-6(5-16)13-14-15/h1-3,16H,4-5H2,(H2,11,18)(H,12,17). The van der Waals surface area contributed by atoms with Gasteiger partial charge in [0.25, 0.3) is 5.91 Å². The Morgan fingerprint density at radius 1 is 1.53 bits per heavy atom. The number of primary amides is 1. The molecule has 0 spiro atoms. The van der Waals surface area contributed by atoms with E-state index in [9.17, 15) is 9.59 Å². The van der Waals surface area contributed by atoms with E-state index >= 15 is 0 Å². The normalized spacial score (nSPS) is 10.4. The third kappa shape index (κ3) is 3.14. The zero-order valence-electron chi connectivity index (χ0n) is 9.74. The lowest BCUT2D eigenvalue weighted by atomic mass is 10.3. The highest BCUT2D eigenvalue weighted by Crippen LogP contribution is 2.22. The molecule has 0 fully saturated rings. The number of hydrogen-bond acceptors (Lipinski definition) is 6. The van der Waals surface area contributed by atoms with Gasteiger partial charge in [-0.15, -0.1) is 16.4 Å². The van der Waals surface area contributed by atoms with Crippen molar-refractivity contribution in [3.63, 3.8) is 0 Å². The van der Waals surface area contributed by atoms with Gasteiger partial charge in [-0.3, -0.25) is 9.59 Å². The Balaban J connectivity index is 2.01. The van der Waals surface area contributed by atoms with Crippen LogP contribution >= 0.6 is 11.3 Å². The maximum atomic E-state index is 11.7. The molecule has 0 aliphatic carbocycles. The molecule has 0 saturated heterocycles. The summed E-state index contributed by atoms with van der Waals surface area (Å²) >= 11 is 1.21. The summed E-state index contributed by atoms with van der Waals surface area (Å²) in [6, 6.07) is 1.54. The van der Waals surface area contributed by atoms with E-state index in [1.807, 2.05) is 0 Å². The van der Waals surface area contributed by atoms with Crippen LogP contribution in [0, 0.1) is 0 Å². The van der Waals surface area contributed by atoms with E-state index in [0.29, 0.717) is 10.7 Å². The maximum Gasteiger partial charge on any atom is 0.251 e. The van der Waals surface area contributed by atoms with Crippen molar-refractivity contribution in [2.24, 2.45) is 5.73 Å². The van der Waals surface area contributed by atoms with Gasteiger partial charge in [-0.2, -0.15) is 0 Å². The van der Waals surface area contributed by atoms with Crippen molar-refractivity contribution < 1.29 is 14.7 Å². The zero-order valence-corrected chi connectivity index (χ0v) is 10.6. The molecule has 0 bridgehead atoms. The average molecular weight is 281 g/mol. The summed E-state index contributed by atoms with van der Waals surface area (Å²) in [6.07, 6.45) is 1.46. The van der Waals surface area contributed by atoms with Gasteiger partial charge >= 0.3 is 0 Å². The zero-order chi connectivity index (χ0) is 13.8. The Morgan fingerprint density at radius 3 is 2.95 bits per heavy atom. The third-order valence-electron chi connectivity index (χ3n) is 2.24. The molecule has 0 unspecified atom stereocenters. The van der Waals surface area contributed by atoms with Crippen molar-refractivity contribution in [2.75, 3.05) is 5.32 Å². The molecule has 0 aliphatic heterocycles.